The van der Waals surface area contributed by atoms with Crippen LogP contribution in [0.1, 0.15) is 16.1 Å². The van der Waals surface area contributed by atoms with Crippen LogP contribution in [0.15, 0.2) is 47.3 Å². The number of aromatic amines is 1. The monoisotopic (exact) mass is 425 g/mol. The third-order valence-corrected chi connectivity index (χ3v) is 4.12. The van der Waals surface area contributed by atoms with Crippen molar-refractivity contribution in [2.75, 3.05) is 11.9 Å². The minimum atomic E-state index is -4.75. The Labute approximate surface area is 165 Å². The molecule has 0 spiro atoms. The highest BCUT2D eigenvalue weighted by Crippen LogP contribution is 2.38. The first-order valence-electron chi connectivity index (χ1n) is 7.98. The van der Waals surface area contributed by atoms with Crippen LogP contribution in [0.2, 0.25) is 5.02 Å². The van der Waals surface area contributed by atoms with Crippen LogP contribution in [-0.2, 0) is 15.7 Å². The van der Waals surface area contributed by atoms with Gasteiger partial charge in [0.1, 0.15) is 0 Å². The van der Waals surface area contributed by atoms with Crippen LogP contribution >= 0.6 is 11.6 Å². The Morgan fingerprint density at radius 1 is 1.10 bits per heavy atom. The summed E-state index contributed by atoms with van der Waals surface area (Å²) < 4.78 is 44.0. The van der Waals surface area contributed by atoms with Gasteiger partial charge >= 0.3 is 12.1 Å². The second-order valence-electron chi connectivity index (χ2n) is 5.73. The van der Waals surface area contributed by atoms with Crippen molar-refractivity contribution in [2.24, 2.45) is 0 Å². The molecule has 1 heterocycles. The van der Waals surface area contributed by atoms with Gasteiger partial charge in [0.15, 0.2) is 12.3 Å². The molecule has 29 heavy (non-hydrogen) atoms. The number of ether oxygens (including phenoxy) is 1. The largest absolute Gasteiger partial charge is 0.451 e. The van der Waals surface area contributed by atoms with Gasteiger partial charge in [-0.25, -0.2) is 9.89 Å². The number of H-pyrrole nitrogens is 1. The lowest BCUT2D eigenvalue weighted by atomic mass is 10.1. The summed E-state index contributed by atoms with van der Waals surface area (Å²) in [6.45, 7) is -0.892. The number of amides is 1. The molecular formula is C18H11ClF3N3O4. The van der Waals surface area contributed by atoms with E-state index in [1.54, 1.807) is 12.1 Å². The van der Waals surface area contributed by atoms with E-state index in [-0.39, 0.29) is 21.5 Å². The highest BCUT2D eigenvalue weighted by atomic mass is 35.5. The Morgan fingerprint density at radius 3 is 2.48 bits per heavy atom. The van der Waals surface area contributed by atoms with E-state index in [2.05, 4.69) is 10.2 Å². The number of esters is 1. The third kappa shape index (κ3) is 4.37. The van der Waals surface area contributed by atoms with Crippen LogP contribution in [-0.4, -0.2) is 28.7 Å². The molecule has 0 saturated carbocycles. The molecule has 3 rings (SSSR count). The molecule has 1 amide bonds. The van der Waals surface area contributed by atoms with E-state index < -0.39 is 41.5 Å². The summed E-state index contributed by atoms with van der Waals surface area (Å²) in [7, 11) is 0. The van der Waals surface area contributed by atoms with Gasteiger partial charge in [0.2, 0.25) is 0 Å². The molecule has 0 radical (unpaired) electrons. The number of nitrogens with one attached hydrogen (secondary N) is 2. The molecule has 0 aliphatic carbocycles. The molecule has 7 nitrogen and oxygen atoms in total. The zero-order valence-electron chi connectivity index (χ0n) is 14.3. The number of alkyl halides is 3. The molecule has 11 heteroatoms. The lowest BCUT2D eigenvalue weighted by Gasteiger charge is -2.15. The maximum Gasteiger partial charge on any atom is 0.418 e. The molecule has 2 aromatic carbocycles. The van der Waals surface area contributed by atoms with E-state index in [4.69, 9.17) is 16.3 Å². The van der Waals surface area contributed by atoms with Crippen LogP contribution in [0.4, 0.5) is 18.9 Å². The molecule has 0 atom stereocenters. The Bertz CT molecular complexity index is 1160. The molecule has 0 saturated heterocycles. The Morgan fingerprint density at radius 2 is 1.79 bits per heavy atom. The second-order valence-corrected chi connectivity index (χ2v) is 6.14. The lowest BCUT2D eigenvalue weighted by Crippen LogP contribution is -2.24. The summed E-state index contributed by atoms with van der Waals surface area (Å²) in [6, 6.07) is 9.11. The second kappa shape index (κ2) is 7.92. The van der Waals surface area contributed by atoms with E-state index in [0.717, 1.165) is 12.1 Å². The first-order valence-corrected chi connectivity index (χ1v) is 8.36. The number of hydrogen-bond acceptors (Lipinski definition) is 5. The van der Waals surface area contributed by atoms with Gasteiger partial charge < -0.3 is 10.1 Å². The van der Waals surface area contributed by atoms with E-state index in [9.17, 15) is 27.6 Å². The summed E-state index contributed by atoms with van der Waals surface area (Å²) in [6.07, 6.45) is -4.75. The van der Waals surface area contributed by atoms with Crippen molar-refractivity contribution in [1.82, 2.24) is 10.2 Å². The first-order chi connectivity index (χ1) is 13.7. The van der Waals surface area contributed by atoms with Crippen molar-refractivity contribution in [1.29, 1.82) is 0 Å². The summed E-state index contributed by atoms with van der Waals surface area (Å²) in [5.41, 5.74) is -2.55. The fraction of sp³-hybridized carbons (Fsp3) is 0.111. The van der Waals surface area contributed by atoms with Gasteiger partial charge in [-0.3, -0.25) is 9.59 Å². The van der Waals surface area contributed by atoms with Gasteiger partial charge in [-0.2, -0.15) is 18.3 Å². The average molecular weight is 426 g/mol. The molecule has 0 aliphatic rings. The zero-order chi connectivity index (χ0) is 21.2. The number of benzene rings is 2. The molecule has 0 unspecified atom stereocenters. The van der Waals surface area contributed by atoms with Gasteiger partial charge in [-0.15, -0.1) is 0 Å². The Hall–Kier alpha value is -3.40. The number of carbonyl (C=O) groups excluding carboxylic acids is 2. The van der Waals surface area contributed by atoms with Crippen LogP contribution in [0.25, 0.3) is 10.8 Å². The van der Waals surface area contributed by atoms with Gasteiger partial charge in [0, 0.05) is 5.39 Å². The van der Waals surface area contributed by atoms with Crippen LogP contribution in [0.3, 0.4) is 0 Å². The van der Waals surface area contributed by atoms with E-state index in [1.807, 2.05) is 5.32 Å². The summed E-state index contributed by atoms with van der Waals surface area (Å²) in [5.74, 6) is -2.08. The maximum atomic E-state index is 13.1. The molecule has 0 fully saturated rings. The zero-order valence-corrected chi connectivity index (χ0v) is 15.1. The normalized spacial score (nSPS) is 11.3. The van der Waals surface area contributed by atoms with E-state index >= 15 is 0 Å². The van der Waals surface area contributed by atoms with Crippen molar-refractivity contribution in [3.63, 3.8) is 0 Å². The van der Waals surface area contributed by atoms with Crippen molar-refractivity contribution in [3.8, 4) is 0 Å². The van der Waals surface area contributed by atoms with Crippen LogP contribution in [0.5, 0.6) is 0 Å². The third-order valence-electron chi connectivity index (χ3n) is 3.81. The topological polar surface area (TPSA) is 101 Å². The molecule has 0 bridgehead atoms. The highest BCUT2D eigenvalue weighted by Gasteiger charge is 2.34. The number of halogens is 4. The summed E-state index contributed by atoms with van der Waals surface area (Å²) in [4.78, 5) is 36.0. The molecular weight excluding hydrogens is 415 g/mol. The quantitative estimate of drug-likeness (QED) is 0.624. The molecule has 1 aromatic heterocycles. The molecule has 150 valence electrons. The average Bonchev–Trinajstić information content (AvgIpc) is 2.67. The van der Waals surface area contributed by atoms with Gasteiger partial charge in [0.05, 0.1) is 21.7 Å². The number of fused-ring (bicyclic) bond motifs is 1. The Balaban J connectivity index is 1.75. The van der Waals surface area contributed by atoms with Crippen LogP contribution < -0.4 is 10.9 Å². The summed E-state index contributed by atoms with van der Waals surface area (Å²) in [5, 5.41) is 7.80. The first kappa shape index (κ1) is 20.3. The summed E-state index contributed by atoms with van der Waals surface area (Å²) >= 11 is 5.75. The van der Waals surface area contributed by atoms with E-state index in [1.165, 1.54) is 18.2 Å². The number of aromatic nitrogens is 2. The number of nitrogens with zero attached hydrogens (tertiary/aromatic N) is 1. The molecule has 2 N–H and O–H groups in total. The van der Waals surface area contributed by atoms with Crippen molar-refractivity contribution >= 4 is 39.9 Å². The predicted molar refractivity (Wildman–Crippen MR) is 97.7 cm³/mol. The Kier molecular flexibility index (Phi) is 5.55. The van der Waals surface area contributed by atoms with Crippen molar-refractivity contribution < 1.29 is 27.5 Å². The minimum absolute atomic E-state index is 0.185. The van der Waals surface area contributed by atoms with Crippen molar-refractivity contribution in [3.05, 3.63) is 69.1 Å². The van der Waals surface area contributed by atoms with E-state index in [0.29, 0.717) is 0 Å². The number of rotatable bonds is 4. The minimum Gasteiger partial charge on any atom is -0.451 e. The fourth-order valence-corrected chi connectivity index (χ4v) is 2.75. The number of carbonyl (C=O) groups is 2. The predicted octanol–water partition coefficient (Wildman–Crippen LogP) is 3.39. The van der Waals surface area contributed by atoms with Gasteiger partial charge in [-0.1, -0.05) is 35.9 Å². The van der Waals surface area contributed by atoms with Gasteiger partial charge in [0.25, 0.3) is 11.5 Å². The lowest BCUT2D eigenvalue weighted by molar-refractivity contribution is -0.137. The fourth-order valence-electron chi connectivity index (χ4n) is 2.53. The molecule has 3 aromatic rings. The van der Waals surface area contributed by atoms with Crippen LogP contribution in [0, 0.1) is 0 Å². The van der Waals surface area contributed by atoms with Crippen molar-refractivity contribution in [2.45, 2.75) is 6.18 Å². The standard InChI is InChI=1S/C18H11ClF3N3O4/c19-12-7-3-6-11(18(20,21)22)15(12)23-13(26)8-29-17(28)14-9-4-1-2-5-10(9)16(27)25-24-14/h1-7H,8H2,(H,23,26)(H,25,27). The maximum absolute atomic E-state index is 13.1. The smallest absolute Gasteiger partial charge is 0.418 e. The molecule has 0 aliphatic heterocycles. The number of para-hydroxylation sites is 1. The number of hydrogen-bond donors (Lipinski definition) is 2. The highest BCUT2D eigenvalue weighted by molar-refractivity contribution is 6.34. The SMILES string of the molecule is O=C(COC(=O)c1n[nH]c(=O)c2ccccc12)Nc1c(Cl)cccc1C(F)(F)F. The number of anilines is 1. The van der Waals surface area contributed by atoms with Gasteiger partial charge in [-0.05, 0) is 18.2 Å².